The van der Waals surface area contributed by atoms with Gasteiger partial charge in [-0.2, -0.15) is 0 Å². The van der Waals surface area contributed by atoms with E-state index in [4.69, 9.17) is 4.74 Å². The largest absolute Gasteiger partial charge is 0.370 e. The monoisotopic (exact) mass is 158 g/mol. The summed E-state index contributed by atoms with van der Waals surface area (Å²) in [6.45, 7) is 1.90. The summed E-state index contributed by atoms with van der Waals surface area (Å²) >= 11 is 0. The van der Waals surface area contributed by atoms with Crippen molar-refractivity contribution in [3.05, 3.63) is 0 Å². The summed E-state index contributed by atoms with van der Waals surface area (Å²) in [6, 6.07) is 0. The first kappa shape index (κ1) is 8.49. The van der Waals surface area contributed by atoms with Crippen LogP contribution in [0.15, 0.2) is 0 Å². The third-order valence-corrected chi connectivity index (χ3v) is 1.66. The minimum absolute atomic E-state index is 0.00435. The van der Waals surface area contributed by atoms with Gasteiger partial charge < -0.3 is 9.64 Å². The van der Waals surface area contributed by atoms with Gasteiger partial charge in [0.2, 0.25) is 5.91 Å². The smallest absolute Gasteiger partial charge is 0.248 e. The quantitative estimate of drug-likeness (QED) is 0.564. The number of amides is 1. The van der Waals surface area contributed by atoms with Gasteiger partial charge in [0.05, 0.1) is 13.2 Å². The van der Waals surface area contributed by atoms with Gasteiger partial charge in [0.25, 0.3) is 0 Å². The van der Waals surface area contributed by atoms with Gasteiger partial charge in [-0.3, -0.25) is 4.79 Å². The van der Waals surface area contributed by atoms with Crippen LogP contribution in [-0.2, 0) is 14.6 Å². The summed E-state index contributed by atoms with van der Waals surface area (Å²) in [5.41, 5.74) is 0. The number of hydrogen-bond donors (Lipinski definition) is 0. The molecule has 0 aromatic carbocycles. The van der Waals surface area contributed by atoms with Crippen LogP contribution >= 0.6 is 0 Å². The highest BCUT2D eigenvalue weighted by Crippen LogP contribution is 1.99. The normalized spacial score (nSPS) is 19.0. The molecule has 1 rings (SSSR count). The Labute approximate surface area is 65.8 Å². The Morgan fingerprint density at radius 2 is 2.36 bits per heavy atom. The third kappa shape index (κ3) is 2.48. The minimum Gasteiger partial charge on any atom is -0.370 e. The fourth-order valence-electron chi connectivity index (χ4n) is 1.04. The van der Waals surface area contributed by atoms with Gasteiger partial charge >= 0.3 is 0 Å². The van der Waals surface area contributed by atoms with Crippen molar-refractivity contribution in [2.75, 3.05) is 32.9 Å². The van der Waals surface area contributed by atoms with E-state index in [0.717, 1.165) is 0 Å². The molecule has 1 saturated heterocycles. The first-order valence-electron chi connectivity index (χ1n) is 3.78. The summed E-state index contributed by atoms with van der Waals surface area (Å²) in [7, 11) is 0. The molecule has 1 amide bonds. The van der Waals surface area contributed by atoms with E-state index in [2.05, 4.69) is 0 Å². The molecular weight excluding hydrogens is 146 g/mol. The van der Waals surface area contributed by atoms with Gasteiger partial charge in [-0.15, -0.1) is 0 Å². The molecule has 1 radical (unpaired) electrons. The third-order valence-electron chi connectivity index (χ3n) is 1.66. The molecule has 0 spiro atoms. The minimum atomic E-state index is -0.107. The van der Waals surface area contributed by atoms with Crippen LogP contribution in [0.1, 0.15) is 6.42 Å². The molecule has 63 valence electrons. The second kappa shape index (κ2) is 4.31. The Morgan fingerprint density at radius 1 is 1.55 bits per heavy atom. The van der Waals surface area contributed by atoms with Crippen molar-refractivity contribution in [3.63, 3.8) is 0 Å². The zero-order valence-electron chi connectivity index (χ0n) is 6.41. The Balaban J connectivity index is 2.24. The SMILES string of the molecule is [O]CCCN1CCOCC1=O. The number of rotatable bonds is 3. The summed E-state index contributed by atoms with van der Waals surface area (Å²) in [5, 5.41) is 10.1. The second-order valence-corrected chi connectivity index (χ2v) is 2.49. The molecule has 4 heteroatoms. The van der Waals surface area contributed by atoms with Crippen LogP contribution in [-0.4, -0.2) is 43.7 Å². The lowest BCUT2D eigenvalue weighted by Gasteiger charge is -2.26. The van der Waals surface area contributed by atoms with Crippen molar-refractivity contribution in [3.8, 4) is 0 Å². The molecule has 1 aliphatic rings. The highest BCUT2D eigenvalue weighted by atomic mass is 16.5. The van der Waals surface area contributed by atoms with Crippen LogP contribution in [0.2, 0.25) is 0 Å². The molecule has 11 heavy (non-hydrogen) atoms. The van der Waals surface area contributed by atoms with E-state index < -0.39 is 0 Å². The summed E-state index contributed by atoms with van der Waals surface area (Å²) in [4.78, 5) is 12.7. The molecule has 0 N–H and O–H groups in total. The van der Waals surface area contributed by atoms with E-state index in [1.165, 1.54) is 0 Å². The lowest BCUT2D eigenvalue weighted by molar-refractivity contribution is -0.142. The van der Waals surface area contributed by atoms with E-state index in [0.29, 0.717) is 26.1 Å². The van der Waals surface area contributed by atoms with Crippen LogP contribution in [0.25, 0.3) is 0 Å². The topological polar surface area (TPSA) is 49.4 Å². The van der Waals surface area contributed by atoms with Crippen molar-refractivity contribution < 1.29 is 14.6 Å². The first-order valence-corrected chi connectivity index (χ1v) is 3.78. The Hall–Kier alpha value is -0.610. The Kier molecular flexibility index (Phi) is 3.32. The van der Waals surface area contributed by atoms with Crippen LogP contribution in [0, 0.1) is 0 Å². The molecule has 1 heterocycles. The molecule has 0 unspecified atom stereocenters. The summed E-state index contributed by atoms with van der Waals surface area (Å²) in [6.07, 6.45) is 0.547. The van der Waals surface area contributed by atoms with Crippen LogP contribution < -0.4 is 0 Å². The van der Waals surface area contributed by atoms with Crippen molar-refractivity contribution in [1.29, 1.82) is 0 Å². The zero-order chi connectivity index (χ0) is 8.10. The van der Waals surface area contributed by atoms with Gasteiger partial charge in [0.1, 0.15) is 6.61 Å². The lowest BCUT2D eigenvalue weighted by atomic mass is 10.3. The maximum atomic E-state index is 11.0. The van der Waals surface area contributed by atoms with Gasteiger partial charge in [-0.05, 0) is 6.42 Å². The maximum Gasteiger partial charge on any atom is 0.248 e. The maximum absolute atomic E-state index is 11.0. The number of hydrogen-bond acceptors (Lipinski definition) is 2. The van der Waals surface area contributed by atoms with E-state index in [9.17, 15) is 9.90 Å². The molecule has 1 fully saturated rings. The molecule has 0 aliphatic carbocycles. The predicted molar refractivity (Wildman–Crippen MR) is 37.6 cm³/mol. The van der Waals surface area contributed by atoms with Crippen LogP contribution in [0.4, 0.5) is 0 Å². The van der Waals surface area contributed by atoms with Gasteiger partial charge in [-0.25, -0.2) is 5.11 Å². The van der Waals surface area contributed by atoms with Crippen LogP contribution in [0.5, 0.6) is 0 Å². The fourth-order valence-corrected chi connectivity index (χ4v) is 1.04. The van der Waals surface area contributed by atoms with Crippen molar-refractivity contribution in [1.82, 2.24) is 4.90 Å². The first-order chi connectivity index (χ1) is 5.34. The van der Waals surface area contributed by atoms with E-state index >= 15 is 0 Å². The molecule has 1 aliphatic heterocycles. The molecule has 0 aromatic rings. The lowest BCUT2D eigenvalue weighted by Crippen LogP contribution is -2.42. The second-order valence-electron chi connectivity index (χ2n) is 2.49. The summed E-state index contributed by atoms with van der Waals surface area (Å²) in [5.74, 6) is 0.00435. The molecule has 0 aromatic heterocycles. The van der Waals surface area contributed by atoms with E-state index in [-0.39, 0.29) is 19.1 Å². The molecule has 0 saturated carbocycles. The predicted octanol–water partition coefficient (Wildman–Crippen LogP) is -0.334. The van der Waals surface area contributed by atoms with Gasteiger partial charge in [-0.1, -0.05) is 0 Å². The Morgan fingerprint density at radius 3 is 3.00 bits per heavy atom. The molecule has 0 bridgehead atoms. The standard InChI is InChI=1S/C7H12NO3/c9-4-1-2-8-3-5-11-6-7(8)10/h1-6H2. The molecule has 4 nitrogen and oxygen atoms in total. The number of nitrogens with zero attached hydrogens (tertiary/aromatic N) is 1. The molecule has 0 atom stereocenters. The average Bonchev–Trinajstić information content (AvgIpc) is 2.03. The van der Waals surface area contributed by atoms with Gasteiger partial charge in [0.15, 0.2) is 0 Å². The number of ether oxygens (including phenoxy) is 1. The highest BCUT2D eigenvalue weighted by molar-refractivity contribution is 5.77. The average molecular weight is 158 g/mol. The van der Waals surface area contributed by atoms with Crippen LogP contribution in [0.3, 0.4) is 0 Å². The van der Waals surface area contributed by atoms with E-state index in [1.807, 2.05) is 0 Å². The molecular formula is C7H12NO3. The number of carbonyl (C=O) groups is 1. The van der Waals surface area contributed by atoms with Crippen molar-refractivity contribution >= 4 is 5.91 Å². The fraction of sp³-hybridized carbons (Fsp3) is 0.857. The Bertz CT molecular complexity index is 138. The number of morpholine rings is 1. The van der Waals surface area contributed by atoms with Crippen molar-refractivity contribution in [2.24, 2.45) is 0 Å². The number of carbonyl (C=O) groups excluding carboxylic acids is 1. The van der Waals surface area contributed by atoms with Crippen molar-refractivity contribution in [2.45, 2.75) is 6.42 Å². The highest BCUT2D eigenvalue weighted by Gasteiger charge is 2.17. The van der Waals surface area contributed by atoms with Gasteiger partial charge in [0, 0.05) is 13.1 Å². The van der Waals surface area contributed by atoms with E-state index in [1.54, 1.807) is 4.90 Å². The summed E-state index contributed by atoms with van der Waals surface area (Å²) < 4.78 is 4.92. The zero-order valence-corrected chi connectivity index (χ0v) is 6.41.